The predicted molar refractivity (Wildman–Crippen MR) is 86.5 cm³/mol. The molecule has 0 spiro atoms. The molecule has 0 aliphatic carbocycles. The van der Waals surface area contributed by atoms with Crippen LogP contribution >= 0.6 is 37.9 Å². The normalized spacial score (nSPS) is 11.7. The van der Waals surface area contributed by atoms with E-state index in [0.29, 0.717) is 0 Å². The van der Waals surface area contributed by atoms with Gasteiger partial charge in [-0.1, -0.05) is 31.8 Å². The van der Waals surface area contributed by atoms with E-state index < -0.39 is 0 Å². The van der Waals surface area contributed by atoms with Crippen molar-refractivity contribution in [3.05, 3.63) is 12.7 Å². The first-order chi connectivity index (χ1) is 7.74. The summed E-state index contributed by atoms with van der Waals surface area (Å²) in [6.07, 6.45) is 11.0. The lowest BCUT2D eigenvalue weighted by atomic mass is 9.88. The Labute approximate surface area is 118 Å². The number of rotatable bonds is 11. The second-order valence-electron chi connectivity index (χ2n) is 4.57. The van der Waals surface area contributed by atoms with E-state index in [9.17, 15) is 0 Å². The van der Waals surface area contributed by atoms with Crippen LogP contribution in [0.3, 0.4) is 0 Å². The topological polar surface area (TPSA) is 0 Å². The van der Waals surface area contributed by atoms with Gasteiger partial charge in [-0.2, -0.15) is 37.9 Å². The van der Waals surface area contributed by atoms with E-state index >= 15 is 0 Å². The summed E-state index contributed by atoms with van der Waals surface area (Å²) in [5.41, 5.74) is 0.246. The monoisotopic (exact) mass is 278 g/mol. The molecule has 0 amide bonds. The van der Waals surface area contributed by atoms with Crippen molar-refractivity contribution in [3.63, 3.8) is 0 Å². The molecular weight excluding hydrogens is 252 g/mol. The third-order valence-electron chi connectivity index (χ3n) is 3.12. The van der Waals surface area contributed by atoms with Crippen LogP contribution in [-0.2, 0) is 0 Å². The van der Waals surface area contributed by atoms with Crippen LogP contribution in [0.5, 0.6) is 0 Å². The Bertz CT molecular complexity index is 156. The van der Waals surface area contributed by atoms with Crippen LogP contribution in [0, 0.1) is 5.41 Å². The fraction of sp³-hybridized carbons (Fsp3) is 0.846. The molecule has 0 aliphatic rings. The van der Waals surface area contributed by atoms with Crippen LogP contribution in [-0.4, -0.2) is 17.3 Å². The van der Waals surface area contributed by atoms with Crippen LogP contribution < -0.4 is 0 Å². The van der Waals surface area contributed by atoms with Gasteiger partial charge in [0.2, 0.25) is 0 Å². The van der Waals surface area contributed by atoms with Crippen molar-refractivity contribution in [2.24, 2.45) is 5.41 Å². The van der Waals surface area contributed by atoms with E-state index in [1.165, 1.54) is 38.5 Å². The quantitative estimate of drug-likeness (QED) is 0.273. The highest BCUT2D eigenvalue weighted by Crippen LogP contribution is 2.29. The zero-order valence-corrected chi connectivity index (χ0v) is 12.9. The molecule has 0 N–H and O–H groups in total. The Kier molecular flexibility index (Phi) is 11.5. The van der Waals surface area contributed by atoms with Crippen molar-refractivity contribution in [1.29, 1.82) is 0 Å². The van der Waals surface area contributed by atoms with Gasteiger partial charge in [0.05, 0.1) is 0 Å². The highest BCUT2D eigenvalue weighted by Gasteiger charge is 2.24. The molecule has 16 heavy (non-hydrogen) atoms. The van der Waals surface area contributed by atoms with Crippen LogP contribution in [0.15, 0.2) is 12.7 Å². The smallest absolute Gasteiger partial charge is 0.00255 e. The largest absolute Gasteiger partial charge is 0.179 e. The lowest BCUT2D eigenvalue weighted by Crippen LogP contribution is -2.27. The first-order valence-corrected chi connectivity index (χ1v) is 8.08. The van der Waals surface area contributed by atoms with Crippen LogP contribution in [0.2, 0.25) is 0 Å². The number of hydrogen-bond donors (Lipinski definition) is 3. The Morgan fingerprint density at radius 3 is 1.81 bits per heavy atom. The summed E-state index contributed by atoms with van der Waals surface area (Å²) >= 11 is 13.3. The molecule has 0 aromatic rings. The van der Waals surface area contributed by atoms with Gasteiger partial charge in [-0.15, -0.1) is 6.58 Å². The van der Waals surface area contributed by atoms with Crippen LogP contribution in [0.1, 0.15) is 44.9 Å². The molecule has 0 saturated carbocycles. The maximum Gasteiger partial charge on any atom is -0.00255 e. The third kappa shape index (κ3) is 7.18. The Morgan fingerprint density at radius 1 is 0.812 bits per heavy atom. The number of hydrogen-bond acceptors (Lipinski definition) is 3. The first-order valence-electron chi connectivity index (χ1n) is 6.18. The lowest BCUT2D eigenvalue weighted by Gasteiger charge is -2.28. The number of unbranched alkanes of at least 4 members (excludes halogenated alkanes) is 5. The van der Waals surface area contributed by atoms with Gasteiger partial charge in [-0.25, -0.2) is 0 Å². The zero-order chi connectivity index (χ0) is 12.3. The van der Waals surface area contributed by atoms with Crippen LogP contribution in [0.4, 0.5) is 0 Å². The average molecular weight is 279 g/mol. The van der Waals surface area contributed by atoms with Gasteiger partial charge < -0.3 is 0 Å². The SMILES string of the molecule is C=CCCCCCCCC(CS)(CS)CS. The number of allylic oxidation sites excluding steroid dienone is 1. The van der Waals surface area contributed by atoms with Crippen molar-refractivity contribution < 1.29 is 0 Å². The molecule has 0 bridgehead atoms. The molecule has 0 aromatic carbocycles. The molecule has 0 rings (SSSR count). The second-order valence-corrected chi connectivity index (χ2v) is 5.52. The van der Waals surface area contributed by atoms with Crippen molar-refractivity contribution >= 4 is 37.9 Å². The van der Waals surface area contributed by atoms with Gasteiger partial charge in [0, 0.05) is 0 Å². The van der Waals surface area contributed by atoms with Crippen molar-refractivity contribution in [3.8, 4) is 0 Å². The zero-order valence-electron chi connectivity index (χ0n) is 10.2. The molecule has 0 fully saturated rings. The summed E-state index contributed by atoms with van der Waals surface area (Å²) in [7, 11) is 0. The molecule has 0 heterocycles. The predicted octanol–water partition coefficient (Wildman–Crippen LogP) is 4.68. The standard InChI is InChI=1S/C13H26S3/c1-2-3-4-5-6-7-8-9-13(10-14,11-15)12-16/h2,14-16H,1,3-12H2. The molecule has 0 unspecified atom stereocenters. The minimum absolute atomic E-state index is 0.246. The summed E-state index contributed by atoms with van der Waals surface area (Å²) in [5, 5.41) is 0. The van der Waals surface area contributed by atoms with E-state index in [0.717, 1.165) is 23.7 Å². The lowest BCUT2D eigenvalue weighted by molar-refractivity contribution is 0.384. The fourth-order valence-electron chi connectivity index (χ4n) is 1.71. The highest BCUT2D eigenvalue weighted by atomic mass is 32.1. The van der Waals surface area contributed by atoms with Crippen molar-refractivity contribution in [2.75, 3.05) is 17.3 Å². The molecule has 0 atom stereocenters. The van der Waals surface area contributed by atoms with Crippen molar-refractivity contribution in [2.45, 2.75) is 44.9 Å². The van der Waals surface area contributed by atoms with Crippen LogP contribution in [0.25, 0.3) is 0 Å². The average Bonchev–Trinajstić information content (AvgIpc) is 2.34. The second kappa shape index (κ2) is 10.9. The minimum Gasteiger partial charge on any atom is -0.179 e. The summed E-state index contributed by atoms with van der Waals surface area (Å²) < 4.78 is 0. The summed E-state index contributed by atoms with van der Waals surface area (Å²) in [5.74, 6) is 2.70. The van der Waals surface area contributed by atoms with E-state index in [-0.39, 0.29) is 5.41 Å². The molecule has 0 nitrogen and oxygen atoms in total. The molecule has 0 saturated heterocycles. The Morgan fingerprint density at radius 2 is 1.31 bits per heavy atom. The Balaban J connectivity index is 3.51. The van der Waals surface area contributed by atoms with Crippen molar-refractivity contribution in [1.82, 2.24) is 0 Å². The summed E-state index contributed by atoms with van der Waals surface area (Å²) in [4.78, 5) is 0. The van der Waals surface area contributed by atoms with E-state index in [1.807, 2.05) is 6.08 Å². The molecule has 3 heteroatoms. The van der Waals surface area contributed by atoms with E-state index in [4.69, 9.17) is 0 Å². The molecule has 0 aromatic heterocycles. The van der Waals surface area contributed by atoms with Gasteiger partial charge in [0.1, 0.15) is 0 Å². The van der Waals surface area contributed by atoms with Gasteiger partial charge >= 0.3 is 0 Å². The highest BCUT2D eigenvalue weighted by molar-refractivity contribution is 7.82. The van der Waals surface area contributed by atoms with Gasteiger partial charge in [-0.05, 0) is 41.9 Å². The molecular formula is C13H26S3. The maximum absolute atomic E-state index is 4.42. The Hall–Kier alpha value is 0.790. The summed E-state index contributed by atoms with van der Waals surface area (Å²) in [6, 6.07) is 0. The third-order valence-corrected chi connectivity index (χ3v) is 5.13. The van der Waals surface area contributed by atoms with Gasteiger partial charge in [0.25, 0.3) is 0 Å². The molecule has 96 valence electrons. The van der Waals surface area contributed by atoms with E-state index in [1.54, 1.807) is 0 Å². The maximum atomic E-state index is 4.42. The van der Waals surface area contributed by atoms with Gasteiger partial charge in [-0.3, -0.25) is 0 Å². The molecule has 0 aliphatic heterocycles. The first kappa shape index (κ1) is 16.8. The minimum atomic E-state index is 0.246. The number of thiol groups is 3. The fourth-order valence-corrected chi connectivity index (χ4v) is 3.38. The summed E-state index contributed by atoms with van der Waals surface area (Å²) in [6.45, 7) is 3.73. The van der Waals surface area contributed by atoms with E-state index in [2.05, 4.69) is 44.5 Å². The van der Waals surface area contributed by atoms with Gasteiger partial charge in [0.15, 0.2) is 0 Å². The molecule has 0 radical (unpaired) electrons.